The second-order valence-electron chi connectivity index (χ2n) is 5.36. The van der Waals surface area contributed by atoms with Crippen LogP contribution in [-0.2, 0) is 9.84 Å². The molecule has 0 aromatic heterocycles. The summed E-state index contributed by atoms with van der Waals surface area (Å²) in [6, 6.07) is 7.00. The molecule has 0 aliphatic heterocycles. The van der Waals surface area contributed by atoms with E-state index in [1.165, 1.54) is 0 Å². The summed E-state index contributed by atoms with van der Waals surface area (Å²) in [4.78, 5) is 0.406. The van der Waals surface area contributed by atoms with Crippen LogP contribution in [0.2, 0.25) is 19.6 Å². The number of aryl methyl sites for hydroxylation is 1. The third kappa shape index (κ3) is 4.87. The summed E-state index contributed by atoms with van der Waals surface area (Å²) in [7, 11) is -4.48. The van der Waals surface area contributed by atoms with Gasteiger partial charge >= 0.3 is 0 Å². The van der Waals surface area contributed by atoms with Crippen molar-refractivity contribution in [3.8, 4) is 0 Å². The molecular formula is C13H20O2SSi. The molecule has 2 nitrogen and oxygen atoms in total. The summed E-state index contributed by atoms with van der Waals surface area (Å²) >= 11 is 0. The van der Waals surface area contributed by atoms with Gasteiger partial charge in [0.25, 0.3) is 0 Å². The molecule has 0 bridgehead atoms. The van der Waals surface area contributed by atoms with Crippen molar-refractivity contribution in [1.29, 1.82) is 0 Å². The fraction of sp³-hybridized carbons (Fsp3) is 0.385. The summed E-state index contributed by atoms with van der Waals surface area (Å²) in [5.74, 6) is 0.0976. The lowest BCUT2D eigenvalue weighted by molar-refractivity contribution is 0.599. The van der Waals surface area contributed by atoms with Gasteiger partial charge in [-0.05, 0) is 19.1 Å². The first-order chi connectivity index (χ1) is 7.71. The van der Waals surface area contributed by atoms with E-state index in [-0.39, 0.29) is 5.75 Å². The molecular weight excluding hydrogens is 248 g/mol. The van der Waals surface area contributed by atoms with Crippen LogP contribution < -0.4 is 0 Å². The molecule has 0 aliphatic carbocycles. The zero-order valence-corrected chi connectivity index (χ0v) is 12.7. The quantitative estimate of drug-likeness (QED) is 0.786. The maximum atomic E-state index is 12.0. The van der Waals surface area contributed by atoms with Gasteiger partial charge in [0.05, 0.1) is 18.7 Å². The van der Waals surface area contributed by atoms with Gasteiger partial charge in [-0.25, -0.2) is 8.42 Å². The smallest absolute Gasteiger partial charge is 0.181 e. The van der Waals surface area contributed by atoms with Crippen molar-refractivity contribution in [2.24, 2.45) is 0 Å². The van der Waals surface area contributed by atoms with Crippen molar-refractivity contribution in [2.75, 3.05) is 5.75 Å². The van der Waals surface area contributed by atoms with Crippen LogP contribution >= 0.6 is 0 Å². The minimum absolute atomic E-state index is 0.0976. The highest BCUT2D eigenvalue weighted by Crippen LogP contribution is 2.13. The number of hydrogen-bond acceptors (Lipinski definition) is 2. The fourth-order valence-corrected chi connectivity index (χ4v) is 3.46. The molecule has 1 rings (SSSR count). The molecule has 0 N–H and O–H groups in total. The van der Waals surface area contributed by atoms with Crippen LogP contribution in [0.5, 0.6) is 0 Å². The Labute approximate surface area is 105 Å². The highest BCUT2D eigenvalue weighted by molar-refractivity contribution is 7.91. The van der Waals surface area contributed by atoms with Crippen LogP contribution in [-0.4, -0.2) is 22.2 Å². The monoisotopic (exact) mass is 268 g/mol. The normalized spacial score (nSPS) is 13.2. The Balaban J connectivity index is 2.83. The topological polar surface area (TPSA) is 34.1 Å². The van der Waals surface area contributed by atoms with E-state index in [0.717, 1.165) is 5.56 Å². The van der Waals surface area contributed by atoms with Crippen LogP contribution in [0.1, 0.15) is 5.56 Å². The molecule has 0 fully saturated rings. The van der Waals surface area contributed by atoms with Gasteiger partial charge in [-0.1, -0.05) is 49.1 Å². The molecule has 0 atom stereocenters. The van der Waals surface area contributed by atoms with Gasteiger partial charge in [0.1, 0.15) is 0 Å². The van der Waals surface area contributed by atoms with Crippen molar-refractivity contribution >= 4 is 17.9 Å². The van der Waals surface area contributed by atoms with Gasteiger partial charge in [0.15, 0.2) is 9.84 Å². The lowest BCUT2D eigenvalue weighted by atomic mass is 10.2. The fourth-order valence-electron chi connectivity index (χ4n) is 1.37. The molecule has 17 heavy (non-hydrogen) atoms. The Morgan fingerprint density at radius 2 is 1.65 bits per heavy atom. The minimum atomic E-state index is -3.16. The van der Waals surface area contributed by atoms with E-state index in [2.05, 4.69) is 25.3 Å². The van der Waals surface area contributed by atoms with Gasteiger partial charge in [0.2, 0.25) is 0 Å². The predicted octanol–water partition coefficient (Wildman–Crippen LogP) is 3.20. The van der Waals surface area contributed by atoms with Crippen molar-refractivity contribution < 1.29 is 8.42 Å². The van der Waals surface area contributed by atoms with Crippen molar-refractivity contribution in [3.63, 3.8) is 0 Å². The van der Waals surface area contributed by atoms with Gasteiger partial charge in [-0.15, -0.1) is 0 Å². The third-order valence-corrected chi connectivity index (χ3v) is 5.17. The molecule has 0 heterocycles. The summed E-state index contributed by atoms with van der Waals surface area (Å²) in [5.41, 5.74) is 3.14. The first kappa shape index (κ1) is 14.2. The molecule has 94 valence electrons. The van der Waals surface area contributed by atoms with Crippen molar-refractivity contribution in [3.05, 3.63) is 41.6 Å². The largest absolute Gasteiger partial charge is 0.223 e. The van der Waals surface area contributed by atoms with Crippen LogP contribution in [0.3, 0.4) is 0 Å². The lowest BCUT2D eigenvalue weighted by Crippen LogP contribution is -2.16. The molecule has 0 aliphatic rings. The van der Waals surface area contributed by atoms with Gasteiger partial charge in [0, 0.05) is 0 Å². The summed E-state index contributed by atoms with van der Waals surface area (Å²) in [5, 5.41) is 0. The molecule has 0 unspecified atom stereocenters. The Kier molecular flexibility index (Phi) is 4.33. The van der Waals surface area contributed by atoms with E-state index in [1.807, 2.05) is 19.1 Å². The lowest BCUT2D eigenvalue weighted by Gasteiger charge is -2.08. The Hall–Kier alpha value is -0.873. The van der Waals surface area contributed by atoms with Crippen LogP contribution in [0.4, 0.5) is 0 Å². The molecule has 1 aromatic carbocycles. The molecule has 0 spiro atoms. The number of benzene rings is 1. The standard InChI is InChI=1S/C13H20O2SSi/c1-12-6-8-13(9-7-12)16(14,15)10-5-11-17(2,3)4/h5-9,11H,10H2,1-4H3/b11-5+. The molecule has 0 radical (unpaired) electrons. The molecule has 4 heteroatoms. The van der Waals surface area contributed by atoms with Crippen LogP contribution in [0.15, 0.2) is 40.9 Å². The van der Waals surface area contributed by atoms with E-state index in [1.54, 1.807) is 18.2 Å². The third-order valence-electron chi connectivity index (χ3n) is 2.31. The van der Waals surface area contributed by atoms with E-state index < -0.39 is 17.9 Å². The SMILES string of the molecule is Cc1ccc(S(=O)(=O)C/C=C/[Si](C)(C)C)cc1. The molecule has 1 aromatic rings. The number of hydrogen-bond donors (Lipinski definition) is 0. The number of sulfone groups is 1. The summed E-state index contributed by atoms with van der Waals surface area (Å²) < 4.78 is 24.0. The Morgan fingerprint density at radius 3 is 2.12 bits per heavy atom. The van der Waals surface area contributed by atoms with Crippen molar-refractivity contribution in [1.82, 2.24) is 0 Å². The predicted molar refractivity (Wildman–Crippen MR) is 75.7 cm³/mol. The van der Waals surface area contributed by atoms with Gasteiger partial charge in [-0.3, -0.25) is 0 Å². The molecule has 0 saturated carbocycles. The van der Waals surface area contributed by atoms with E-state index >= 15 is 0 Å². The minimum Gasteiger partial charge on any atom is -0.223 e. The second kappa shape index (κ2) is 5.19. The van der Waals surface area contributed by atoms with E-state index in [4.69, 9.17) is 0 Å². The zero-order valence-electron chi connectivity index (χ0n) is 10.9. The molecule has 0 saturated heterocycles. The van der Waals surface area contributed by atoms with Gasteiger partial charge < -0.3 is 0 Å². The van der Waals surface area contributed by atoms with Crippen LogP contribution in [0.25, 0.3) is 0 Å². The first-order valence-corrected chi connectivity index (χ1v) is 10.9. The first-order valence-electron chi connectivity index (χ1n) is 5.68. The average Bonchev–Trinajstić information content (AvgIpc) is 2.15. The Morgan fingerprint density at radius 1 is 1.12 bits per heavy atom. The number of rotatable bonds is 4. The highest BCUT2D eigenvalue weighted by atomic mass is 32.2. The van der Waals surface area contributed by atoms with Gasteiger partial charge in [-0.2, -0.15) is 0 Å². The zero-order chi connectivity index (χ0) is 13.1. The maximum Gasteiger partial charge on any atom is 0.181 e. The highest BCUT2D eigenvalue weighted by Gasteiger charge is 2.13. The Bertz CT molecular complexity index is 493. The average molecular weight is 268 g/mol. The van der Waals surface area contributed by atoms with Crippen molar-refractivity contribution in [2.45, 2.75) is 31.5 Å². The summed E-state index contributed by atoms with van der Waals surface area (Å²) in [6.45, 7) is 8.49. The maximum absolute atomic E-state index is 12.0. The van der Waals surface area contributed by atoms with Crippen LogP contribution in [0, 0.1) is 6.92 Å². The molecule has 0 amide bonds. The van der Waals surface area contributed by atoms with E-state index in [0.29, 0.717) is 4.90 Å². The summed E-state index contributed by atoms with van der Waals surface area (Å²) in [6.07, 6.45) is 1.79. The van der Waals surface area contributed by atoms with E-state index in [9.17, 15) is 8.42 Å². The second-order valence-corrected chi connectivity index (χ2v) is 12.5.